The molecule has 4 rings (SSSR count). The second-order valence-electron chi connectivity index (χ2n) is 7.38. The Morgan fingerprint density at radius 1 is 1.00 bits per heavy atom. The number of piperidine rings is 1. The van der Waals surface area contributed by atoms with E-state index in [2.05, 4.69) is 5.10 Å². The standard InChI is InChI=1S/C22H23N3O4/c26-19-10-11-24(13-20(19)27)21(28)14-25-22(29)17-9-5-4-8-16(17)18(23-25)12-15-6-2-1-3-7-15/h1-9,19-20,26-27H,10-14H2/t19-,20-/m0/s1. The zero-order valence-corrected chi connectivity index (χ0v) is 15.9. The van der Waals surface area contributed by atoms with E-state index in [1.54, 1.807) is 12.1 Å². The molecule has 2 heterocycles. The van der Waals surface area contributed by atoms with Crippen molar-refractivity contribution in [3.05, 3.63) is 76.2 Å². The number of amides is 1. The minimum atomic E-state index is -0.970. The highest BCUT2D eigenvalue weighted by molar-refractivity contribution is 5.84. The fourth-order valence-electron chi connectivity index (χ4n) is 3.71. The lowest BCUT2D eigenvalue weighted by Crippen LogP contribution is -2.50. The molecule has 1 saturated heterocycles. The summed E-state index contributed by atoms with van der Waals surface area (Å²) in [5, 5.41) is 25.3. The maximum atomic E-state index is 12.9. The first kappa shape index (κ1) is 19.3. The molecule has 2 N–H and O–H groups in total. The normalized spacial score (nSPS) is 19.4. The maximum absolute atomic E-state index is 12.9. The van der Waals surface area contributed by atoms with Gasteiger partial charge in [-0.2, -0.15) is 5.10 Å². The molecule has 0 saturated carbocycles. The van der Waals surface area contributed by atoms with Crippen LogP contribution in [0.15, 0.2) is 59.4 Å². The molecule has 1 aromatic heterocycles. The molecular formula is C22H23N3O4. The zero-order chi connectivity index (χ0) is 20.4. The fourth-order valence-corrected chi connectivity index (χ4v) is 3.71. The molecule has 0 radical (unpaired) electrons. The second-order valence-corrected chi connectivity index (χ2v) is 7.38. The number of nitrogens with zero attached hydrogens (tertiary/aromatic N) is 3. The highest BCUT2D eigenvalue weighted by Crippen LogP contribution is 2.17. The van der Waals surface area contributed by atoms with Crippen LogP contribution in [-0.2, 0) is 17.8 Å². The lowest BCUT2D eigenvalue weighted by molar-refractivity contribution is -0.138. The summed E-state index contributed by atoms with van der Waals surface area (Å²) in [5.41, 5.74) is 1.48. The molecular weight excluding hydrogens is 370 g/mol. The SMILES string of the molecule is O=C(Cn1nc(Cc2ccccc2)c2ccccc2c1=O)N1CC[C@H](O)[C@@H](O)C1. The Morgan fingerprint density at radius 2 is 1.69 bits per heavy atom. The van der Waals surface area contributed by atoms with Crippen molar-refractivity contribution in [2.24, 2.45) is 0 Å². The molecule has 2 atom stereocenters. The van der Waals surface area contributed by atoms with Gasteiger partial charge in [0, 0.05) is 24.9 Å². The Balaban J connectivity index is 1.66. The minimum Gasteiger partial charge on any atom is -0.390 e. The predicted molar refractivity (Wildman–Crippen MR) is 108 cm³/mol. The van der Waals surface area contributed by atoms with Gasteiger partial charge < -0.3 is 15.1 Å². The van der Waals surface area contributed by atoms with E-state index in [0.29, 0.717) is 24.8 Å². The molecule has 1 aliphatic heterocycles. The number of aliphatic hydroxyl groups excluding tert-OH is 2. The number of hydrogen-bond acceptors (Lipinski definition) is 5. The maximum Gasteiger partial charge on any atom is 0.275 e. The third-order valence-electron chi connectivity index (χ3n) is 5.34. The van der Waals surface area contributed by atoms with E-state index < -0.39 is 12.2 Å². The molecule has 2 aromatic carbocycles. The van der Waals surface area contributed by atoms with Gasteiger partial charge in [0.05, 0.1) is 23.3 Å². The quantitative estimate of drug-likeness (QED) is 0.688. The Kier molecular flexibility index (Phi) is 5.42. The lowest BCUT2D eigenvalue weighted by Gasteiger charge is -2.33. The van der Waals surface area contributed by atoms with Gasteiger partial charge >= 0.3 is 0 Å². The molecule has 0 spiro atoms. The van der Waals surface area contributed by atoms with Crippen molar-refractivity contribution in [2.45, 2.75) is 31.6 Å². The van der Waals surface area contributed by atoms with Gasteiger partial charge in [0.2, 0.25) is 5.91 Å². The van der Waals surface area contributed by atoms with Crippen LogP contribution in [0.25, 0.3) is 10.8 Å². The smallest absolute Gasteiger partial charge is 0.275 e. The first-order valence-corrected chi connectivity index (χ1v) is 9.69. The average molecular weight is 393 g/mol. The average Bonchev–Trinajstić information content (AvgIpc) is 2.74. The number of aromatic nitrogens is 2. The molecule has 29 heavy (non-hydrogen) atoms. The highest BCUT2D eigenvalue weighted by Gasteiger charge is 2.29. The van der Waals surface area contributed by atoms with Gasteiger partial charge in [-0.15, -0.1) is 0 Å². The molecule has 1 fully saturated rings. The first-order valence-electron chi connectivity index (χ1n) is 9.69. The van der Waals surface area contributed by atoms with Crippen LogP contribution < -0.4 is 5.56 Å². The summed E-state index contributed by atoms with van der Waals surface area (Å²) in [7, 11) is 0. The number of fused-ring (bicyclic) bond motifs is 1. The predicted octanol–water partition coefficient (Wildman–Crippen LogP) is 0.941. The summed E-state index contributed by atoms with van der Waals surface area (Å²) in [6, 6.07) is 17.1. The van der Waals surface area contributed by atoms with Crippen LogP contribution in [0.2, 0.25) is 0 Å². The monoisotopic (exact) mass is 393 g/mol. The molecule has 0 aliphatic carbocycles. The van der Waals surface area contributed by atoms with Crippen molar-refractivity contribution in [1.29, 1.82) is 0 Å². The molecule has 1 amide bonds. The van der Waals surface area contributed by atoms with Crippen molar-refractivity contribution >= 4 is 16.7 Å². The van der Waals surface area contributed by atoms with Crippen molar-refractivity contribution < 1.29 is 15.0 Å². The van der Waals surface area contributed by atoms with Crippen LogP contribution in [-0.4, -0.2) is 56.1 Å². The molecule has 7 nitrogen and oxygen atoms in total. The number of likely N-dealkylation sites (tertiary alicyclic amines) is 1. The number of carbonyl (C=O) groups is 1. The van der Waals surface area contributed by atoms with Gasteiger partial charge in [-0.25, -0.2) is 4.68 Å². The Hall–Kier alpha value is -3.03. The zero-order valence-electron chi connectivity index (χ0n) is 15.9. The van der Waals surface area contributed by atoms with E-state index in [-0.39, 0.29) is 24.6 Å². The fraction of sp³-hybridized carbons (Fsp3) is 0.318. The van der Waals surface area contributed by atoms with Crippen LogP contribution in [0.5, 0.6) is 0 Å². The summed E-state index contributed by atoms with van der Waals surface area (Å²) in [6.45, 7) is 0.198. The number of carbonyl (C=O) groups excluding carboxylic acids is 1. The van der Waals surface area contributed by atoms with E-state index >= 15 is 0 Å². The van der Waals surface area contributed by atoms with Crippen LogP contribution in [0, 0.1) is 0 Å². The summed E-state index contributed by atoms with van der Waals surface area (Å²) < 4.78 is 1.21. The van der Waals surface area contributed by atoms with Crippen molar-refractivity contribution in [1.82, 2.24) is 14.7 Å². The summed E-state index contributed by atoms with van der Waals surface area (Å²) in [5.74, 6) is -0.300. The van der Waals surface area contributed by atoms with Crippen LogP contribution in [0.1, 0.15) is 17.7 Å². The van der Waals surface area contributed by atoms with E-state index in [0.717, 1.165) is 16.6 Å². The van der Waals surface area contributed by atoms with Crippen molar-refractivity contribution in [2.75, 3.05) is 13.1 Å². The van der Waals surface area contributed by atoms with Gasteiger partial charge in [0.15, 0.2) is 0 Å². The van der Waals surface area contributed by atoms with E-state index in [9.17, 15) is 19.8 Å². The highest BCUT2D eigenvalue weighted by atomic mass is 16.3. The van der Waals surface area contributed by atoms with Crippen molar-refractivity contribution in [3.63, 3.8) is 0 Å². The first-order chi connectivity index (χ1) is 14.0. The summed E-state index contributed by atoms with van der Waals surface area (Å²) in [4.78, 5) is 27.1. The topological polar surface area (TPSA) is 95.7 Å². The molecule has 3 aromatic rings. The van der Waals surface area contributed by atoms with Gasteiger partial charge in [-0.1, -0.05) is 48.5 Å². The molecule has 150 valence electrons. The second kappa shape index (κ2) is 8.14. The Labute approximate surface area is 167 Å². The molecule has 1 aliphatic rings. The van der Waals surface area contributed by atoms with Crippen molar-refractivity contribution in [3.8, 4) is 0 Å². The Morgan fingerprint density at radius 3 is 2.41 bits per heavy atom. The largest absolute Gasteiger partial charge is 0.390 e. The van der Waals surface area contributed by atoms with Crippen LogP contribution >= 0.6 is 0 Å². The third kappa shape index (κ3) is 4.06. The van der Waals surface area contributed by atoms with E-state index in [1.165, 1.54) is 9.58 Å². The van der Waals surface area contributed by atoms with Gasteiger partial charge in [-0.3, -0.25) is 9.59 Å². The summed E-state index contributed by atoms with van der Waals surface area (Å²) >= 11 is 0. The molecule has 7 heteroatoms. The number of hydrogen-bond donors (Lipinski definition) is 2. The number of rotatable bonds is 4. The lowest BCUT2D eigenvalue weighted by atomic mass is 10.0. The minimum absolute atomic E-state index is 0.0548. The van der Waals surface area contributed by atoms with E-state index in [4.69, 9.17) is 0 Å². The summed E-state index contributed by atoms with van der Waals surface area (Å²) in [6.07, 6.45) is -0.933. The van der Waals surface area contributed by atoms with Crippen LogP contribution in [0.3, 0.4) is 0 Å². The van der Waals surface area contributed by atoms with Gasteiger partial charge in [0.1, 0.15) is 6.54 Å². The molecule has 0 bridgehead atoms. The van der Waals surface area contributed by atoms with Gasteiger partial charge in [-0.05, 0) is 18.1 Å². The number of benzene rings is 2. The van der Waals surface area contributed by atoms with Gasteiger partial charge in [0.25, 0.3) is 5.56 Å². The Bertz CT molecular complexity index is 1080. The molecule has 0 unspecified atom stereocenters. The third-order valence-corrected chi connectivity index (χ3v) is 5.34. The van der Waals surface area contributed by atoms with E-state index in [1.807, 2.05) is 42.5 Å². The van der Waals surface area contributed by atoms with Crippen LogP contribution in [0.4, 0.5) is 0 Å². The number of β-amino-alcohol motifs (C(OH)–C–C–N with tert-alkyl or cyclic N) is 1. The number of aliphatic hydroxyl groups is 2.